The molecule has 0 saturated carbocycles. The Kier molecular flexibility index (Phi) is 7.04. The number of rotatable bonds is 7. The normalized spacial score (nSPS) is 13.0. The summed E-state index contributed by atoms with van der Waals surface area (Å²) >= 11 is 6.23. The third-order valence-electron chi connectivity index (χ3n) is 5.12. The summed E-state index contributed by atoms with van der Waals surface area (Å²) in [5.74, 6) is 0.504. The van der Waals surface area contributed by atoms with Crippen LogP contribution < -0.4 is 19.2 Å². The molecule has 1 amide bonds. The van der Waals surface area contributed by atoms with Crippen molar-refractivity contribution in [2.75, 3.05) is 24.1 Å². The molecule has 1 N–H and O–H groups in total. The van der Waals surface area contributed by atoms with Crippen molar-refractivity contribution in [2.24, 2.45) is 5.10 Å². The number of anilines is 1. The van der Waals surface area contributed by atoms with E-state index in [4.69, 9.17) is 21.1 Å². The molecule has 10 heteroatoms. The molecular formula is C24H22ClN3O5S. The molecule has 0 radical (unpaired) electrons. The highest BCUT2D eigenvalue weighted by atomic mass is 35.5. The predicted octanol–water partition coefficient (Wildman–Crippen LogP) is 3.77. The summed E-state index contributed by atoms with van der Waals surface area (Å²) in [6.45, 7) is 2.07. The van der Waals surface area contributed by atoms with Gasteiger partial charge < -0.3 is 9.47 Å². The molecule has 0 unspecified atom stereocenters. The lowest BCUT2D eigenvalue weighted by molar-refractivity contribution is -0.119. The third kappa shape index (κ3) is 5.00. The van der Waals surface area contributed by atoms with E-state index in [0.29, 0.717) is 46.5 Å². The van der Waals surface area contributed by atoms with Crippen molar-refractivity contribution in [1.82, 2.24) is 5.43 Å². The summed E-state index contributed by atoms with van der Waals surface area (Å²) in [4.78, 5) is 12.8. The molecule has 1 heterocycles. The van der Waals surface area contributed by atoms with Gasteiger partial charge in [-0.05, 0) is 48.9 Å². The molecule has 0 fully saturated rings. The van der Waals surface area contributed by atoms with Crippen LogP contribution in [0.2, 0.25) is 5.02 Å². The minimum absolute atomic E-state index is 0.0544. The number of para-hydroxylation sites is 1. The largest absolute Gasteiger partial charge is 0.486 e. The Bertz CT molecular complexity index is 1330. The first-order valence-corrected chi connectivity index (χ1v) is 12.2. The molecule has 3 aromatic carbocycles. The van der Waals surface area contributed by atoms with Crippen LogP contribution in [0.3, 0.4) is 0 Å². The Labute approximate surface area is 202 Å². The van der Waals surface area contributed by atoms with Crippen LogP contribution in [0, 0.1) is 6.92 Å². The molecule has 8 nitrogen and oxygen atoms in total. The molecule has 176 valence electrons. The maximum Gasteiger partial charge on any atom is 0.264 e. The number of amides is 1. The average Bonchev–Trinajstić information content (AvgIpc) is 2.85. The summed E-state index contributed by atoms with van der Waals surface area (Å²) in [7, 11) is -4.05. The number of ether oxygens (including phenoxy) is 2. The van der Waals surface area contributed by atoms with Gasteiger partial charge in [0.15, 0.2) is 11.5 Å². The van der Waals surface area contributed by atoms with E-state index >= 15 is 0 Å². The second-order valence-electron chi connectivity index (χ2n) is 7.37. The summed E-state index contributed by atoms with van der Waals surface area (Å²) in [5, 5.41) is 4.37. The number of nitrogens with zero attached hydrogens (tertiary/aromatic N) is 2. The molecular weight excluding hydrogens is 478 g/mol. The zero-order valence-electron chi connectivity index (χ0n) is 18.3. The molecule has 34 heavy (non-hydrogen) atoms. The topological polar surface area (TPSA) is 97.3 Å². The van der Waals surface area contributed by atoms with Gasteiger partial charge >= 0.3 is 0 Å². The number of carbonyl (C=O) groups is 1. The number of halogens is 1. The lowest BCUT2D eigenvalue weighted by Gasteiger charge is -2.25. The van der Waals surface area contributed by atoms with Gasteiger partial charge in [0.05, 0.1) is 16.8 Å². The van der Waals surface area contributed by atoms with Crippen LogP contribution in [0.15, 0.2) is 76.7 Å². The zero-order valence-corrected chi connectivity index (χ0v) is 19.8. The van der Waals surface area contributed by atoms with E-state index in [1.807, 2.05) is 0 Å². The van der Waals surface area contributed by atoms with Gasteiger partial charge in [-0.2, -0.15) is 5.10 Å². The van der Waals surface area contributed by atoms with Gasteiger partial charge in [0.25, 0.3) is 15.9 Å². The van der Waals surface area contributed by atoms with E-state index in [9.17, 15) is 13.2 Å². The van der Waals surface area contributed by atoms with Crippen LogP contribution in [0.5, 0.6) is 11.5 Å². The molecule has 1 aliphatic heterocycles. The van der Waals surface area contributed by atoms with Crippen molar-refractivity contribution in [3.8, 4) is 11.5 Å². The Morgan fingerprint density at radius 1 is 1.06 bits per heavy atom. The molecule has 0 bridgehead atoms. The van der Waals surface area contributed by atoms with Crippen LogP contribution in [-0.4, -0.2) is 40.3 Å². The fourth-order valence-electron chi connectivity index (χ4n) is 3.42. The number of hydrogen-bond donors (Lipinski definition) is 1. The van der Waals surface area contributed by atoms with Crippen molar-refractivity contribution in [3.05, 3.63) is 82.9 Å². The molecule has 3 aromatic rings. The Morgan fingerprint density at radius 2 is 1.79 bits per heavy atom. The Balaban J connectivity index is 1.58. The zero-order chi connectivity index (χ0) is 24.1. The van der Waals surface area contributed by atoms with Crippen LogP contribution in [0.1, 0.15) is 11.1 Å². The van der Waals surface area contributed by atoms with E-state index in [1.165, 1.54) is 18.3 Å². The highest BCUT2D eigenvalue weighted by molar-refractivity contribution is 7.92. The van der Waals surface area contributed by atoms with E-state index in [1.54, 1.807) is 61.5 Å². The first-order chi connectivity index (χ1) is 16.4. The van der Waals surface area contributed by atoms with Crippen LogP contribution in [-0.2, 0) is 14.8 Å². The molecule has 0 atom stereocenters. The number of hydrogen-bond acceptors (Lipinski definition) is 6. The number of carbonyl (C=O) groups excluding carboxylic acids is 1. The van der Waals surface area contributed by atoms with Crippen molar-refractivity contribution in [1.29, 1.82) is 0 Å². The fourth-order valence-corrected chi connectivity index (χ4v) is 5.09. The molecule has 0 saturated heterocycles. The number of benzene rings is 3. The van der Waals surface area contributed by atoms with Crippen LogP contribution in [0.4, 0.5) is 5.69 Å². The summed E-state index contributed by atoms with van der Waals surface area (Å²) in [6, 6.07) is 18.1. The molecule has 4 rings (SSSR count). The highest BCUT2D eigenvalue weighted by Gasteiger charge is 2.28. The SMILES string of the molecule is Cc1c(Cl)cccc1N(CC(=O)N/N=C\c1cccc2c1OCCO2)S(=O)(=O)c1ccccc1. The molecule has 0 aliphatic carbocycles. The predicted molar refractivity (Wildman–Crippen MR) is 130 cm³/mol. The molecule has 0 aromatic heterocycles. The minimum atomic E-state index is -4.05. The number of hydrazone groups is 1. The Morgan fingerprint density at radius 3 is 2.59 bits per heavy atom. The van der Waals surface area contributed by atoms with Crippen LogP contribution >= 0.6 is 11.6 Å². The van der Waals surface area contributed by atoms with Crippen molar-refractivity contribution in [2.45, 2.75) is 11.8 Å². The second kappa shape index (κ2) is 10.1. The first-order valence-electron chi connectivity index (χ1n) is 10.4. The van der Waals surface area contributed by atoms with Gasteiger partial charge in [0, 0.05) is 10.6 Å². The standard InChI is InChI=1S/C24H22ClN3O5S/c1-17-20(25)10-6-11-21(17)28(34(30,31)19-8-3-2-4-9-19)16-23(29)27-26-15-18-7-5-12-22-24(18)33-14-13-32-22/h2-12,15H,13-14,16H2,1H3,(H,27,29)/b26-15-. The van der Waals surface area contributed by atoms with Gasteiger partial charge in [-0.15, -0.1) is 0 Å². The molecule has 0 spiro atoms. The van der Waals surface area contributed by atoms with Crippen molar-refractivity contribution < 1.29 is 22.7 Å². The minimum Gasteiger partial charge on any atom is -0.486 e. The highest BCUT2D eigenvalue weighted by Crippen LogP contribution is 2.33. The monoisotopic (exact) mass is 499 g/mol. The average molecular weight is 500 g/mol. The van der Waals surface area contributed by atoms with E-state index < -0.39 is 22.5 Å². The maximum atomic E-state index is 13.4. The lowest BCUT2D eigenvalue weighted by atomic mass is 10.2. The van der Waals surface area contributed by atoms with Crippen molar-refractivity contribution in [3.63, 3.8) is 0 Å². The quantitative estimate of drug-likeness (QED) is 0.394. The Hall–Kier alpha value is -3.56. The number of fused-ring (bicyclic) bond motifs is 1. The van der Waals surface area contributed by atoms with Gasteiger partial charge in [-0.1, -0.05) is 41.9 Å². The summed E-state index contributed by atoms with van der Waals surface area (Å²) in [5.41, 5.74) is 3.85. The van der Waals surface area contributed by atoms with Gasteiger partial charge in [-0.3, -0.25) is 9.10 Å². The van der Waals surface area contributed by atoms with Gasteiger partial charge in [0.1, 0.15) is 19.8 Å². The molecule has 1 aliphatic rings. The number of sulfonamides is 1. The van der Waals surface area contributed by atoms with Gasteiger partial charge in [0.2, 0.25) is 0 Å². The first kappa shape index (κ1) is 23.6. The third-order valence-corrected chi connectivity index (χ3v) is 7.30. The number of nitrogens with one attached hydrogen (secondary N) is 1. The summed E-state index contributed by atoms with van der Waals surface area (Å²) < 4.78 is 39.0. The van der Waals surface area contributed by atoms with E-state index in [0.717, 1.165) is 4.31 Å². The lowest BCUT2D eigenvalue weighted by Crippen LogP contribution is -2.40. The van der Waals surface area contributed by atoms with E-state index in [2.05, 4.69) is 10.5 Å². The smallest absolute Gasteiger partial charge is 0.264 e. The second-order valence-corrected chi connectivity index (χ2v) is 9.64. The van der Waals surface area contributed by atoms with E-state index in [-0.39, 0.29) is 4.90 Å². The van der Waals surface area contributed by atoms with Crippen molar-refractivity contribution >= 4 is 39.4 Å². The summed E-state index contributed by atoms with van der Waals surface area (Å²) in [6.07, 6.45) is 1.42. The van der Waals surface area contributed by atoms with Gasteiger partial charge in [-0.25, -0.2) is 13.8 Å². The fraction of sp³-hybridized carbons (Fsp3) is 0.167. The maximum absolute atomic E-state index is 13.4. The van der Waals surface area contributed by atoms with Crippen LogP contribution in [0.25, 0.3) is 0 Å².